The molecule has 2 aromatic heterocycles. The molecule has 0 fully saturated rings. The van der Waals surface area contributed by atoms with Crippen molar-refractivity contribution in [3.63, 3.8) is 0 Å². The van der Waals surface area contributed by atoms with Gasteiger partial charge in [-0.25, -0.2) is 4.79 Å². The number of thiophene rings is 2. The molecule has 0 amide bonds. The summed E-state index contributed by atoms with van der Waals surface area (Å²) in [6, 6.07) is 14.1. The predicted octanol–water partition coefficient (Wildman–Crippen LogP) is 6.11. The van der Waals surface area contributed by atoms with Crippen molar-refractivity contribution in [3.8, 4) is 16.9 Å². The number of ketones is 1. The molecule has 28 heavy (non-hydrogen) atoms. The molecule has 140 valence electrons. The number of carboxylic acids is 1. The van der Waals surface area contributed by atoms with E-state index in [0.29, 0.717) is 20.8 Å². The van der Waals surface area contributed by atoms with Crippen LogP contribution < -0.4 is 0 Å². The summed E-state index contributed by atoms with van der Waals surface area (Å²) in [5, 5.41) is 23.0. The van der Waals surface area contributed by atoms with Gasteiger partial charge >= 0.3 is 5.97 Å². The minimum atomic E-state index is -1.09. The van der Waals surface area contributed by atoms with Crippen LogP contribution >= 0.6 is 34.3 Å². The fourth-order valence-corrected chi connectivity index (χ4v) is 5.25. The zero-order chi connectivity index (χ0) is 19.8. The minimum absolute atomic E-state index is 0.0445. The second-order valence-corrected chi connectivity index (χ2v) is 8.59. The molecule has 4 rings (SSSR count). The summed E-state index contributed by atoms with van der Waals surface area (Å²) in [7, 11) is 0. The SMILES string of the molecule is O=C(Cc1scc(-c2ccc(Cl)cc2)c1C(=O)O)c1sc2ccccc2c1O. The molecule has 4 nitrogen and oxygen atoms in total. The topological polar surface area (TPSA) is 74.6 Å². The minimum Gasteiger partial charge on any atom is -0.506 e. The molecule has 2 N–H and O–H groups in total. The lowest BCUT2D eigenvalue weighted by atomic mass is 10.0. The molecule has 4 aromatic rings. The van der Waals surface area contributed by atoms with Crippen molar-refractivity contribution in [3.05, 3.63) is 74.3 Å². The average Bonchev–Trinajstić information content (AvgIpc) is 3.24. The molecule has 0 saturated carbocycles. The Kier molecular flexibility index (Phi) is 4.93. The molecule has 0 bridgehead atoms. The van der Waals surface area contributed by atoms with Crippen LogP contribution in [0.25, 0.3) is 21.2 Å². The fraction of sp³-hybridized carbons (Fsp3) is 0.0476. The summed E-state index contributed by atoms with van der Waals surface area (Å²) in [5.74, 6) is -1.43. The molecule has 0 aliphatic heterocycles. The third-order valence-electron chi connectivity index (χ3n) is 4.38. The van der Waals surface area contributed by atoms with Crippen LogP contribution in [0.3, 0.4) is 0 Å². The van der Waals surface area contributed by atoms with E-state index in [4.69, 9.17) is 11.6 Å². The molecule has 2 aromatic carbocycles. The number of hydrogen-bond acceptors (Lipinski definition) is 5. The molecule has 0 aliphatic carbocycles. The average molecular weight is 429 g/mol. The van der Waals surface area contributed by atoms with Gasteiger partial charge in [0.1, 0.15) is 10.6 Å². The Morgan fingerprint density at radius 1 is 1.04 bits per heavy atom. The number of carboxylic acid groups (broad SMARTS) is 1. The summed E-state index contributed by atoms with van der Waals surface area (Å²) in [6.07, 6.45) is -0.0831. The van der Waals surface area contributed by atoms with E-state index in [2.05, 4.69) is 0 Å². The Balaban J connectivity index is 1.71. The number of carbonyl (C=O) groups is 2. The summed E-state index contributed by atoms with van der Waals surface area (Å²) in [6.45, 7) is 0. The van der Waals surface area contributed by atoms with E-state index in [-0.39, 0.29) is 28.4 Å². The monoisotopic (exact) mass is 428 g/mol. The van der Waals surface area contributed by atoms with Gasteiger partial charge in [-0.05, 0) is 35.2 Å². The van der Waals surface area contributed by atoms with E-state index in [1.807, 2.05) is 12.1 Å². The summed E-state index contributed by atoms with van der Waals surface area (Å²) < 4.78 is 0.815. The van der Waals surface area contributed by atoms with Gasteiger partial charge in [0.15, 0.2) is 5.78 Å². The van der Waals surface area contributed by atoms with Gasteiger partial charge < -0.3 is 10.2 Å². The normalized spacial score (nSPS) is 11.0. The van der Waals surface area contributed by atoms with E-state index >= 15 is 0 Å². The van der Waals surface area contributed by atoms with Crippen molar-refractivity contribution in [2.75, 3.05) is 0 Å². The van der Waals surface area contributed by atoms with Gasteiger partial charge in [0.05, 0.1) is 5.56 Å². The third-order valence-corrected chi connectivity index (χ3v) is 6.82. The molecule has 0 aliphatic rings. The fourth-order valence-electron chi connectivity index (χ4n) is 3.05. The molecule has 0 unspecified atom stereocenters. The molecule has 7 heteroatoms. The van der Waals surface area contributed by atoms with Gasteiger partial charge in [-0.15, -0.1) is 22.7 Å². The maximum Gasteiger partial charge on any atom is 0.337 e. The zero-order valence-electron chi connectivity index (χ0n) is 14.3. The van der Waals surface area contributed by atoms with Crippen molar-refractivity contribution < 1.29 is 19.8 Å². The molecule has 0 radical (unpaired) electrons. The van der Waals surface area contributed by atoms with Crippen LogP contribution in [0.2, 0.25) is 5.02 Å². The number of aromatic carboxylic acids is 1. The van der Waals surface area contributed by atoms with Gasteiger partial charge in [-0.3, -0.25) is 4.79 Å². The first-order valence-electron chi connectivity index (χ1n) is 8.29. The quantitative estimate of drug-likeness (QED) is 0.376. The molecule has 0 atom stereocenters. The Bertz CT molecular complexity index is 1210. The lowest BCUT2D eigenvalue weighted by molar-refractivity contribution is 0.0697. The highest BCUT2D eigenvalue weighted by Crippen LogP contribution is 2.39. The number of benzene rings is 2. The van der Waals surface area contributed by atoms with Crippen molar-refractivity contribution >= 4 is 56.1 Å². The zero-order valence-corrected chi connectivity index (χ0v) is 16.7. The van der Waals surface area contributed by atoms with Gasteiger partial charge in [0, 0.05) is 32.0 Å². The maximum atomic E-state index is 12.8. The van der Waals surface area contributed by atoms with Crippen LogP contribution in [0, 0.1) is 0 Å². The van der Waals surface area contributed by atoms with E-state index < -0.39 is 5.97 Å². The van der Waals surface area contributed by atoms with E-state index in [0.717, 1.165) is 10.3 Å². The molecular formula is C21H13ClO4S2. The van der Waals surface area contributed by atoms with Gasteiger partial charge in [-0.2, -0.15) is 0 Å². The van der Waals surface area contributed by atoms with Crippen molar-refractivity contribution in [1.29, 1.82) is 0 Å². The van der Waals surface area contributed by atoms with Crippen LogP contribution in [0.15, 0.2) is 53.9 Å². The van der Waals surface area contributed by atoms with Crippen LogP contribution in [0.1, 0.15) is 24.9 Å². The highest BCUT2D eigenvalue weighted by Gasteiger charge is 2.24. The van der Waals surface area contributed by atoms with Crippen LogP contribution in [0.5, 0.6) is 5.75 Å². The van der Waals surface area contributed by atoms with E-state index in [1.54, 1.807) is 41.8 Å². The first kappa shape index (κ1) is 18.7. The number of halogens is 1. The standard InChI is InChI=1S/C21H13ClO4S2/c22-12-7-5-11(6-8-12)14-10-27-17(18(14)21(25)26)9-15(23)20-19(24)13-3-1-2-4-16(13)28-20/h1-8,10,24H,9H2,(H,25,26). The smallest absolute Gasteiger partial charge is 0.337 e. The lowest BCUT2D eigenvalue weighted by Gasteiger charge is -2.04. The van der Waals surface area contributed by atoms with Gasteiger partial charge in [-0.1, -0.05) is 35.9 Å². The summed E-state index contributed by atoms with van der Waals surface area (Å²) in [5.41, 5.74) is 1.39. The van der Waals surface area contributed by atoms with Gasteiger partial charge in [0.25, 0.3) is 0 Å². The molecule has 2 heterocycles. The molecule has 0 spiro atoms. The predicted molar refractivity (Wildman–Crippen MR) is 113 cm³/mol. The number of aromatic hydroxyl groups is 1. The number of Topliss-reactive ketones (excluding diaryl/α,β-unsaturated/α-hetero) is 1. The van der Waals surface area contributed by atoms with Crippen LogP contribution in [-0.4, -0.2) is 22.0 Å². The van der Waals surface area contributed by atoms with E-state index in [9.17, 15) is 19.8 Å². The Hall–Kier alpha value is -2.67. The Morgan fingerprint density at radius 2 is 1.75 bits per heavy atom. The maximum absolute atomic E-state index is 12.8. The van der Waals surface area contributed by atoms with Crippen molar-refractivity contribution in [1.82, 2.24) is 0 Å². The van der Waals surface area contributed by atoms with Crippen LogP contribution in [0.4, 0.5) is 0 Å². The number of rotatable bonds is 5. The highest BCUT2D eigenvalue weighted by atomic mass is 35.5. The number of fused-ring (bicyclic) bond motifs is 1. The summed E-state index contributed by atoms with van der Waals surface area (Å²) in [4.78, 5) is 25.4. The van der Waals surface area contributed by atoms with E-state index in [1.165, 1.54) is 22.7 Å². The van der Waals surface area contributed by atoms with Gasteiger partial charge in [0.2, 0.25) is 0 Å². The molecule has 0 saturated heterocycles. The van der Waals surface area contributed by atoms with Crippen molar-refractivity contribution in [2.45, 2.75) is 6.42 Å². The second-order valence-electron chi connectivity index (χ2n) is 6.14. The summed E-state index contributed by atoms with van der Waals surface area (Å²) >= 11 is 8.35. The Morgan fingerprint density at radius 3 is 2.43 bits per heavy atom. The first-order chi connectivity index (χ1) is 13.5. The largest absolute Gasteiger partial charge is 0.506 e. The lowest BCUT2D eigenvalue weighted by Crippen LogP contribution is -2.06. The third kappa shape index (κ3) is 3.30. The molecular weight excluding hydrogens is 416 g/mol. The first-order valence-corrected chi connectivity index (χ1v) is 10.4. The number of hydrogen-bond donors (Lipinski definition) is 2. The second kappa shape index (κ2) is 7.39. The highest BCUT2D eigenvalue weighted by molar-refractivity contribution is 7.21. The number of carbonyl (C=O) groups excluding carboxylic acids is 1. The van der Waals surface area contributed by atoms with Crippen LogP contribution in [-0.2, 0) is 6.42 Å². The van der Waals surface area contributed by atoms with Crippen molar-refractivity contribution in [2.24, 2.45) is 0 Å². The Labute approximate surface area is 173 Å².